The highest BCUT2D eigenvalue weighted by Crippen LogP contribution is 2.47. The van der Waals surface area contributed by atoms with Crippen molar-refractivity contribution in [2.24, 2.45) is 5.92 Å². The molecule has 1 fully saturated rings. The monoisotopic (exact) mass is 406 g/mol. The van der Waals surface area contributed by atoms with Crippen LogP contribution in [0.5, 0.6) is 0 Å². The van der Waals surface area contributed by atoms with Gasteiger partial charge in [-0.3, -0.25) is 9.59 Å². The number of hydrogen-bond donors (Lipinski definition) is 1. The second-order valence-electron chi connectivity index (χ2n) is 7.05. The van der Waals surface area contributed by atoms with Crippen LogP contribution in [-0.2, 0) is 25.5 Å². The van der Waals surface area contributed by atoms with Gasteiger partial charge >= 0.3 is 11.9 Å². The van der Waals surface area contributed by atoms with Crippen LogP contribution >= 0.6 is 11.3 Å². The molecule has 2 N–H and O–H groups in total. The summed E-state index contributed by atoms with van der Waals surface area (Å²) >= 11 is 1.44. The Morgan fingerprint density at radius 1 is 1.07 bits per heavy atom. The molecule has 0 aromatic carbocycles. The van der Waals surface area contributed by atoms with Crippen molar-refractivity contribution < 1.29 is 19.1 Å². The van der Waals surface area contributed by atoms with Crippen LogP contribution in [0.2, 0.25) is 0 Å². The SMILES string of the molecule is CCOC(=O)C1CCCCC1.[C-]#[N+]c1c(N)sc2c1C(C(=O)OCC)CCC2. The van der Waals surface area contributed by atoms with E-state index in [9.17, 15) is 9.59 Å². The molecule has 154 valence electrons. The van der Waals surface area contributed by atoms with Crippen molar-refractivity contribution in [3.63, 3.8) is 0 Å². The third-order valence-corrected chi connectivity index (χ3v) is 6.26. The van der Waals surface area contributed by atoms with Gasteiger partial charge in [-0.2, -0.15) is 0 Å². The molecular formula is C21H30N2O4S. The fourth-order valence-electron chi connectivity index (χ4n) is 3.85. The van der Waals surface area contributed by atoms with E-state index in [2.05, 4.69) is 4.85 Å². The number of aryl methyl sites for hydroxylation is 1. The van der Waals surface area contributed by atoms with Crippen molar-refractivity contribution in [3.8, 4) is 0 Å². The molecule has 0 radical (unpaired) electrons. The van der Waals surface area contributed by atoms with E-state index in [-0.39, 0.29) is 23.8 Å². The van der Waals surface area contributed by atoms with Gasteiger partial charge in [0.05, 0.1) is 36.6 Å². The van der Waals surface area contributed by atoms with Crippen molar-refractivity contribution in [1.82, 2.24) is 0 Å². The highest BCUT2D eigenvalue weighted by Gasteiger charge is 2.33. The van der Waals surface area contributed by atoms with Crippen LogP contribution in [0.1, 0.15) is 75.2 Å². The summed E-state index contributed by atoms with van der Waals surface area (Å²) in [6, 6.07) is 0. The first kappa shape index (κ1) is 22.2. The fraction of sp³-hybridized carbons (Fsp3) is 0.667. The number of carbonyl (C=O) groups is 2. The summed E-state index contributed by atoms with van der Waals surface area (Å²) in [6.07, 6.45) is 8.38. The van der Waals surface area contributed by atoms with Crippen molar-refractivity contribution in [2.45, 2.75) is 71.1 Å². The maximum atomic E-state index is 11.9. The quantitative estimate of drug-likeness (QED) is 0.562. The summed E-state index contributed by atoms with van der Waals surface area (Å²) < 4.78 is 10.0. The minimum atomic E-state index is -0.295. The Balaban J connectivity index is 0.000000221. The van der Waals surface area contributed by atoms with E-state index in [1.807, 2.05) is 6.92 Å². The average Bonchev–Trinajstić information content (AvgIpc) is 3.04. The number of nitrogens with two attached hydrogens (primary N) is 1. The topological polar surface area (TPSA) is 83.0 Å². The Hall–Kier alpha value is -2.07. The van der Waals surface area contributed by atoms with Crippen LogP contribution in [0.4, 0.5) is 10.7 Å². The van der Waals surface area contributed by atoms with Crippen molar-refractivity contribution in [3.05, 3.63) is 21.9 Å². The number of nitrogens with zero attached hydrogens (tertiary/aromatic N) is 1. The predicted molar refractivity (Wildman–Crippen MR) is 111 cm³/mol. The molecule has 0 amide bonds. The first-order valence-electron chi connectivity index (χ1n) is 10.1. The van der Waals surface area contributed by atoms with Crippen molar-refractivity contribution in [1.29, 1.82) is 0 Å². The molecule has 2 aliphatic carbocycles. The zero-order valence-corrected chi connectivity index (χ0v) is 17.6. The maximum Gasteiger partial charge on any atom is 0.312 e. The summed E-state index contributed by atoms with van der Waals surface area (Å²) in [5, 5.41) is 0.529. The lowest BCUT2D eigenvalue weighted by Crippen LogP contribution is -2.20. The van der Waals surface area contributed by atoms with E-state index >= 15 is 0 Å². The molecule has 1 aromatic heterocycles. The lowest BCUT2D eigenvalue weighted by molar-refractivity contribution is -0.149. The molecule has 0 spiro atoms. The molecule has 2 aliphatic rings. The van der Waals surface area contributed by atoms with E-state index in [1.165, 1.54) is 30.6 Å². The van der Waals surface area contributed by atoms with Gasteiger partial charge in [-0.25, -0.2) is 4.85 Å². The van der Waals surface area contributed by atoms with E-state index in [1.54, 1.807) is 6.92 Å². The lowest BCUT2D eigenvalue weighted by Gasteiger charge is -2.21. The molecule has 1 aromatic rings. The molecule has 1 heterocycles. The summed E-state index contributed by atoms with van der Waals surface area (Å²) in [6.45, 7) is 11.7. The maximum absolute atomic E-state index is 11.9. The summed E-state index contributed by atoms with van der Waals surface area (Å²) in [5.41, 5.74) is 7.11. The van der Waals surface area contributed by atoms with Crippen LogP contribution in [0.3, 0.4) is 0 Å². The highest BCUT2D eigenvalue weighted by atomic mass is 32.1. The normalized spacial score (nSPS) is 18.8. The number of thiophene rings is 1. The predicted octanol–water partition coefficient (Wildman–Crippen LogP) is 4.99. The van der Waals surface area contributed by atoms with Gasteiger partial charge in [0.25, 0.3) is 0 Å². The van der Waals surface area contributed by atoms with Crippen molar-refractivity contribution in [2.75, 3.05) is 18.9 Å². The standard InChI is InChI=1S/C12H14N2O2S.C9H16O2/c1-3-16-12(15)7-5-4-6-8-9(7)10(14-2)11(13)17-8;1-2-11-9(10)8-6-4-3-5-7-8/h7H,3-6,13H2,1H3;8H,2-7H2,1H3. The molecule has 1 unspecified atom stereocenters. The van der Waals surface area contributed by atoms with Crippen LogP contribution in [0.15, 0.2) is 0 Å². The molecule has 0 bridgehead atoms. The Morgan fingerprint density at radius 3 is 2.32 bits per heavy atom. The van der Waals surface area contributed by atoms with Crippen LogP contribution < -0.4 is 5.73 Å². The minimum absolute atomic E-state index is 0.0206. The smallest absolute Gasteiger partial charge is 0.312 e. The number of hydrogen-bond acceptors (Lipinski definition) is 6. The van der Waals surface area contributed by atoms with Gasteiger partial charge in [0.2, 0.25) is 5.69 Å². The van der Waals surface area contributed by atoms with Gasteiger partial charge in [0.15, 0.2) is 0 Å². The fourth-order valence-corrected chi connectivity index (χ4v) is 4.96. The number of nitrogen functional groups attached to an aromatic ring is 1. The van der Waals surface area contributed by atoms with Gasteiger partial charge in [-0.1, -0.05) is 19.3 Å². The first-order chi connectivity index (χ1) is 13.5. The van der Waals surface area contributed by atoms with Crippen LogP contribution in [-0.4, -0.2) is 25.2 Å². The number of esters is 2. The van der Waals surface area contributed by atoms with Gasteiger partial charge in [0, 0.05) is 0 Å². The first-order valence-corrected chi connectivity index (χ1v) is 11.0. The van der Waals surface area contributed by atoms with Gasteiger partial charge in [-0.15, -0.1) is 11.3 Å². The van der Waals surface area contributed by atoms with E-state index in [0.29, 0.717) is 23.9 Å². The van der Waals surface area contributed by atoms with Gasteiger partial charge < -0.3 is 15.2 Å². The van der Waals surface area contributed by atoms with Crippen LogP contribution in [0.25, 0.3) is 4.85 Å². The highest BCUT2D eigenvalue weighted by molar-refractivity contribution is 7.16. The van der Waals surface area contributed by atoms with Gasteiger partial charge in [-0.05, 0) is 56.4 Å². The average molecular weight is 407 g/mol. The number of anilines is 1. The molecule has 3 rings (SSSR count). The summed E-state index contributed by atoms with van der Waals surface area (Å²) in [7, 11) is 0. The van der Waals surface area contributed by atoms with E-state index in [0.717, 1.165) is 42.5 Å². The molecule has 7 heteroatoms. The molecule has 0 saturated heterocycles. The number of carbonyl (C=O) groups excluding carboxylic acids is 2. The Labute approximate surface area is 171 Å². The molecule has 28 heavy (non-hydrogen) atoms. The van der Waals surface area contributed by atoms with Crippen molar-refractivity contribution >= 4 is 34.0 Å². The third kappa shape index (κ3) is 5.48. The third-order valence-electron chi connectivity index (χ3n) is 5.18. The summed E-state index contributed by atoms with van der Waals surface area (Å²) in [4.78, 5) is 27.6. The number of fused-ring (bicyclic) bond motifs is 1. The molecule has 0 aliphatic heterocycles. The lowest BCUT2D eigenvalue weighted by atomic mass is 9.87. The second kappa shape index (κ2) is 11.1. The second-order valence-corrected chi connectivity index (χ2v) is 8.18. The zero-order valence-electron chi connectivity index (χ0n) is 16.8. The molecule has 6 nitrogen and oxygen atoms in total. The largest absolute Gasteiger partial charge is 0.466 e. The van der Waals surface area contributed by atoms with Gasteiger partial charge in [0.1, 0.15) is 0 Å². The Morgan fingerprint density at radius 2 is 1.71 bits per heavy atom. The number of ether oxygens (including phenoxy) is 2. The number of rotatable bonds is 4. The van der Waals surface area contributed by atoms with Crippen LogP contribution in [0, 0.1) is 12.5 Å². The van der Waals surface area contributed by atoms with E-state index in [4.69, 9.17) is 21.8 Å². The summed E-state index contributed by atoms with van der Waals surface area (Å²) in [5.74, 6) is -0.289. The van der Waals surface area contributed by atoms with E-state index < -0.39 is 0 Å². The Kier molecular flexibility index (Phi) is 8.78. The molecule has 1 atom stereocenters. The zero-order chi connectivity index (χ0) is 20.5. The molecule has 1 saturated carbocycles. The molecular weight excluding hydrogens is 376 g/mol. The Bertz CT molecular complexity index is 717. The minimum Gasteiger partial charge on any atom is -0.466 e.